The maximum atomic E-state index is 11.4. The van der Waals surface area contributed by atoms with Crippen LogP contribution in [0.15, 0.2) is 42.5 Å². The first-order valence-corrected chi connectivity index (χ1v) is 8.93. The van der Waals surface area contributed by atoms with Gasteiger partial charge in [0.15, 0.2) is 0 Å². The third-order valence-electron chi connectivity index (χ3n) is 2.84. The molecule has 0 saturated carbocycles. The van der Waals surface area contributed by atoms with Gasteiger partial charge in [0.2, 0.25) is 5.91 Å². The normalized spacial score (nSPS) is 11.2. The molecule has 0 atom stereocenters. The summed E-state index contributed by atoms with van der Waals surface area (Å²) in [6.45, 7) is 7.87. The minimum Gasteiger partial charge on any atom is -0.748 e. The van der Waals surface area contributed by atoms with Crippen LogP contribution in [0.2, 0.25) is 0 Å². The molecule has 0 aromatic heterocycles. The van der Waals surface area contributed by atoms with Gasteiger partial charge in [-0.2, -0.15) is 0 Å². The standard InChI is InChI=1S/C15H22N2O.CH4O3S/c1-13(2)15(18)16-10-11-17(3,4)12-14-8-6-5-7-9-14;1-5(2,3)4/h5-9H,1,10-12H2,2-4H3;1H3,(H,2,3,4). The molecule has 1 rings (SSSR count). The lowest BCUT2D eigenvalue weighted by Crippen LogP contribution is -2.44. The molecule has 0 bridgehead atoms. The SMILES string of the molecule is C=C(C)C(=O)NCC[N+](C)(C)Cc1ccccc1.CS(=O)(=O)[O-]. The predicted molar refractivity (Wildman–Crippen MR) is 90.6 cm³/mol. The van der Waals surface area contributed by atoms with Crippen molar-refractivity contribution >= 4 is 16.0 Å². The fourth-order valence-electron chi connectivity index (χ4n) is 1.78. The molecule has 0 aliphatic rings. The van der Waals surface area contributed by atoms with Crippen LogP contribution in [0.4, 0.5) is 0 Å². The Balaban J connectivity index is 0.000000841. The van der Waals surface area contributed by atoms with E-state index in [1.165, 1.54) is 5.56 Å². The minimum atomic E-state index is -3.92. The highest BCUT2D eigenvalue weighted by Crippen LogP contribution is 2.08. The molecule has 0 heterocycles. The number of rotatable bonds is 6. The lowest BCUT2D eigenvalue weighted by Gasteiger charge is -2.30. The summed E-state index contributed by atoms with van der Waals surface area (Å²) in [5, 5.41) is 2.87. The smallest absolute Gasteiger partial charge is 0.246 e. The zero-order chi connectivity index (χ0) is 18.1. The molecule has 0 aliphatic carbocycles. The Hall–Kier alpha value is -1.70. The van der Waals surface area contributed by atoms with E-state index in [9.17, 15) is 4.79 Å². The van der Waals surface area contributed by atoms with Crippen molar-refractivity contribution in [1.82, 2.24) is 5.32 Å². The summed E-state index contributed by atoms with van der Waals surface area (Å²) in [7, 11) is 0.417. The molecule has 0 radical (unpaired) electrons. The van der Waals surface area contributed by atoms with Crippen LogP contribution in [0.3, 0.4) is 0 Å². The van der Waals surface area contributed by atoms with Gasteiger partial charge < -0.3 is 14.4 Å². The van der Waals surface area contributed by atoms with Gasteiger partial charge in [-0.3, -0.25) is 4.79 Å². The van der Waals surface area contributed by atoms with Gasteiger partial charge in [-0.25, -0.2) is 8.42 Å². The molecule has 1 N–H and O–H groups in total. The first-order valence-electron chi connectivity index (χ1n) is 7.11. The second-order valence-electron chi connectivity index (χ2n) is 6.04. The van der Waals surface area contributed by atoms with E-state index in [2.05, 4.69) is 50.3 Å². The van der Waals surface area contributed by atoms with Gasteiger partial charge in [-0.1, -0.05) is 36.9 Å². The second kappa shape index (κ2) is 9.44. The van der Waals surface area contributed by atoms with Crippen LogP contribution in [-0.4, -0.2) is 56.8 Å². The number of nitrogens with zero attached hydrogens (tertiary/aromatic N) is 1. The zero-order valence-electron chi connectivity index (χ0n) is 14.2. The molecule has 23 heavy (non-hydrogen) atoms. The predicted octanol–water partition coefficient (Wildman–Crippen LogP) is 1.12. The minimum absolute atomic E-state index is 0.0605. The molecule has 0 saturated heterocycles. The fourth-order valence-corrected chi connectivity index (χ4v) is 1.78. The van der Waals surface area contributed by atoms with Crippen molar-refractivity contribution in [2.24, 2.45) is 0 Å². The molecule has 0 spiro atoms. The number of likely N-dealkylation sites (N-methyl/N-ethyl adjacent to an activating group) is 1. The molecule has 0 unspecified atom stereocenters. The Morgan fingerprint density at radius 1 is 1.26 bits per heavy atom. The Labute approximate surface area is 139 Å². The Morgan fingerprint density at radius 2 is 1.74 bits per heavy atom. The van der Waals surface area contributed by atoms with Gasteiger partial charge in [-0.15, -0.1) is 0 Å². The van der Waals surface area contributed by atoms with Crippen LogP contribution < -0.4 is 5.32 Å². The van der Waals surface area contributed by atoms with E-state index in [-0.39, 0.29) is 5.91 Å². The monoisotopic (exact) mass is 342 g/mol. The molecule has 1 aromatic rings. The van der Waals surface area contributed by atoms with Crippen molar-refractivity contribution in [3.05, 3.63) is 48.0 Å². The molecule has 1 aromatic carbocycles. The van der Waals surface area contributed by atoms with E-state index >= 15 is 0 Å². The molecule has 1 amide bonds. The summed E-state index contributed by atoms with van der Waals surface area (Å²) in [4.78, 5) is 11.4. The van der Waals surface area contributed by atoms with Crippen LogP contribution in [-0.2, 0) is 21.5 Å². The van der Waals surface area contributed by atoms with Crippen LogP contribution in [0, 0.1) is 0 Å². The third kappa shape index (κ3) is 13.7. The average molecular weight is 342 g/mol. The van der Waals surface area contributed by atoms with Crippen molar-refractivity contribution in [1.29, 1.82) is 0 Å². The zero-order valence-corrected chi connectivity index (χ0v) is 15.0. The van der Waals surface area contributed by atoms with Crippen LogP contribution in [0.1, 0.15) is 12.5 Å². The number of nitrogens with one attached hydrogen (secondary N) is 1. The van der Waals surface area contributed by atoms with E-state index in [0.29, 0.717) is 18.4 Å². The maximum Gasteiger partial charge on any atom is 0.246 e. The van der Waals surface area contributed by atoms with Crippen LogP contribution in [0.5, 0.6) is 0 Å². The van der Waals surface area contributed by atoms with Gasteiger partial charge in [0, 0.05) is 17.4 Å². The van der Waals surface area contributed by atoms with Crippen LogP contribution in [0.25, 0.3) is 0 Å². The number of quaternary nitrogens is 1. The van der Waals surface area contributed by atoms with Gasteiger partial charge in [0.1, 0.15) is 6.54 Å². The number of hydrogen-bond acceptors (Lipinski definition) is 4. The lowest BCUT2D eigenvalue weighted by atomic mass is 10.2. The summed E-state index contributed by atoms with van der Waals surface area (Å²) in [5.41, 5.74) is 1.87. The average Bonchev–Trinajstić information content (AvgIpc) is 2.36. The Morgan fingerprint density at radius 3 is 2.17 bits per heavy atom. The molecule has 7 heteroatoms. The van der Waals surface area contributed by atoms with E-state index in [0.717, 1.165) is 17.6 Å². The largest absolute Gasteiger partial charge is 0.748 e. The summed E-state index contributed by atoms with van der Waals surface area (Å²) in [6.07, 6.45) is 0.604. The summed E-state index contributed by atoms with van der Waals surface area (Å²) >= 11 is 0. The Kier molecular flexibility index (Phi) is 8.74. The van der Waals surface area contributed by atoms with Crippen molar-refractivity contribution in [2.45, 2.75) is 13.5 Å². The van der Waals surface area contributed by atoms with Gasteiger partial charge in [0.25, 0.3) is 0 Å². The van der Waals surface area contributed by atoms with Crippen molar-refractivity contribution in [2.75, 3.05) is 33.4 Å². The van der Waals surface area contributed by atoms with Crippen molar-refractivity contribution in [3.63, 3.8) is 0 Å². The van der Waals surface area contributed by atoms with E-state index < -0.39 is 10.1 Å². The maximum absolute atomic E-state index is 11.4. The second-order valence-corrected chi connectivity index (χ2v) is 7.45. The highest BCUT2D eigenvalue weighted by molar-refractivity contribution is 7.84. The van der Waals surface area contributed by atoms with Crippen molar-refractivity contribution in [3.8, 4) is 0 Å². The number of benzene rings is 1. The highest BCUT2D eigenvalue weighted by atomic mass is 32.2. The number of amides is 1. The quantitative estimate of drug-likeness (QED) is 0.477. The third-order valence-corrected chi connectivity index (χ3v) is 2.84. The fraction of sp³-hybridized carbons (Fsp3) is 0.438. The Bertz CT molecular complexity index is 602. The molecule has 130 valence electrons. The van der Waals surface area contributed by atoms with E-state index in [4.69, 9.17) is 13.0 Å². The van der Waals surface area contributed by atoms with Gasteiger partial charge >= 0.3 is 0 Å². The van der Waals surface area contributed by atoms with Gasteiger partial charge in [0.05, 0.1) is 37.3 Å². The first kappa shape index (κ1) is 21.3. The number of carbonyl (C=O) groups excluding carboxylic acids is 1. The lowest BCUT2D eigenvalue weighted by molar-refractivity contribution is -0.902. The summed E-state index contributed by atoms with van der Waals surface area (Å²) < 4.78 is 28.1. The van der Waals surface area contributed by atoms with E-state index in [1.807, 2.05) is 6.07 Å². The number of hydrogen-bond donors (Lipinski definition) is 1. The van der Waals surface area contributed by atoms with Crippen LogP contribution >= 0.6 is 0 Å². The summed E-state index contributed by atoms with van der Waals surface area (Å²) in [5.74, 6) is -0.0605. The highest BCUT2D eigenvalue weighted by Gasteiger charge is 2.15. The molecule has 6 nitrogen and oxygen atoms in total. The summed E-state index contributed by atoms with van der Waals surface area (Å²) in [6, 6.07) is 10.4. The first-order chi connectivity index (χ1) is 10.4. The molecule has 0 fully saturated rings. The topological polar surface area (TPSA) is 86.3 Å². The molecular weight excluding hydrogens is 316 g/mol. The molecular formula is C16H26N2O4S. The van der Waals surface area contributed by atoms with Gasteiger partial charge in [-0.05, 0) is 6.92 Å². The van der Waals surface area contributed by atoms with Crippen molar-refractivity contribution < 1.29 is 22.2 Å². The van der Waals surface area contributed by atoms with E-state index in [1.54, 1.807) is 6.92 Å². The molecule has 0 aliphatic heterocycles. The number of carbonyl (C=O) groups is 1.